The summed E-state index contributed by atoms with van der Waals surface area (Å²) in [6.45, 7) is 7.31. The van der Waals surface area contributed by atoms with Gasteiger partial charge in [0, 0.05) is 37.1 Å². The van der Waals surface area contributed by atoms with Crippen molar-refractivity contribution < 1.29 is 14.3 Å². The van der Waals surface area contributed by atoms with Crippen molar-refractivity contribution in [3.63, 3.8) is 0 Å². The highest BCUT2D eigenvalue weighted by Crippen LogP contribution is 2.17. The summed E-state index contributed by atoms with van der Waals surface area (Å²) in [5.41, 5.74) is 2.57. The van der Waals surface area contributed by atoms with Crippen LogP contribution in [0.2, 0.25) is 0 Å². The standard InChI is InChI=1S/C14H21N3O3/c1-9-7-12(11(3)15-9)13(18)16-5-6-17(10(2)8-16)14(19)20-4/h7,10,15H,5-6,8H2,1-4H3/t10-/m0/s1. The fourth-order valence-electron chi connectivity index (χ4n) is 2.65. The Bertz CT molecular complexity index is 524. The number of H-pyrrole nitrogens is 1. The molecule has 20 heavy (non-hydrogen) atoms. The van der Waals surface area contributed by atoms with Gasteiger partial charge < -0.3 is 19.5 Å². The summed E-state index contributed by atoms with van der Waals surface area (Å²) in [6, 6.07) is 1.83. The highest BCUT2D eigenvalue weighted by Gasteiger charge is 2.31. The number of nitrogens with one attached hydrogen (secondary N) is 1. The Kier molecular flexibility index (Phi) is 4.01. The second-order valence-corrected chi connectivity index (χ2v) is 5.25. The Morgan fingerprint density at radius 2 is 2.05 bits per heavy atom. The summed E-state index contributed by atoms with van der Waals surface area (Å²) in [4.78, 5) is 30.7. The van der Waals surface area contributed by atoms with Gasteiger partial charge >= 0.3 is 6.09 Å². The van der Waals surface area contributed by atoms with Crippen molar-refractivity contribution in [2.24, 2.45) is 0 Å². The van der Waals surface area contributed by atoms with Gasteiger partial charge in [-0.1, -0.05) is 0 Å². The molecule has 6 heteroatoms. The Balaban J connectivity index is 2.07. The van der Waals surface area contributed by atoms with Crippen LogP contribution >= 0.6 is 0 Å². The van der Waals surface area contributed by atoms with E-state index in [0.717, 1.165) is 11.4 Å². The van der Waals surface area contributed by atoms with Gasteiger partial charge in [-0.2, -0.15) is 0 Å². The van der Waals surface area contributed by atoms with Crippen molar-refractivity contribution in [1.82, 2.24) is 14.8 Å². The van der Waals surface area contributed by atoms with Crippen molar-refractivity contribution in [3.8, 4) is 0 Å². The van der Waals surface area contributed by atoms with Crippen LogP contribution in [-0.2, 0) is 4.74 Å². The van der Waals surface area contributed by atoms with E-state index in [9.17, 15) is 9.59 Å². The molecule has 1 fully saturated rings. The van der Waals surface area contributed by atoms with Gasteiger partial charge in [0.05, 0.1) is 12.7 Å². The first-order chi connectivity index (χ1) is 9.43. The summed E-state index contributed by atoms with van der Waals surface area (Å²) in [7, 11) is 1.37. The third-order valence-electron chi connectivity index (χ3n) is 3.70. The molecular formula is C14H21N3O3. The van der Waals surface area contributed by atoms with Gasteiger partial charge in [-0.05, 0) is 26.8 Å². The number of amides is 2. The van der Waals surface area contributed by atoms with E-state index >= 15 is 0 Å². The lowest BCUT2D eigenvalue weighted by molar-refractivity contribution is 0.0466. The molecule has 1 atom stereocenters. The molecule has 1 aliphatic heterocycles. The van der Waals surface area contributed by atoms with Crippen LogP contribution < -0.4 is 0 Å². The van der Waals surface area contributed by atoms with E-state index in [4.69, 9.17) is 4.74 Å². The number of hydrogen-bond donors (Lipinski definition) is 1. The van der Waals surface area contributed by atoms with Crippen LogP contribution in [0.3, 0.4) is 0 Å². The lowest BCUT2D eigenvalue weighted by Gasteiger charge is -2.38. The number of methoxy groups -OCH3 is 1. The van der Waals surface area contributed by atoms with Crippen molar-refractivity contribution >= 4 is 12.0 Å². The monoisotopic (exact) mass is 279 g/mol. The van der Waals surface area contributed by atoms with Crippen molar-refractivity contribution in [2.45, 2.75) is 26.8 Å². The minimum Gasteiger partial charge on any atom is -0.453 e. The van der Waals surface area contributed by atoms with Gasteiger partial charge in [-0.25, -0.2) is 4.79 Å². The quantitative estimate of drug-likeness (QED) is 0.848. The van der Waals surface area contributed by atoms with E-state index in [-0.39, 0.29) is 18.0 Å². The maximum atomic E-state index is 12.5. The Labute approximate surface area is 118 Å². The Morgan fingerprint density at radius 3 is 2.55 bits per heavy atom. The summed E-state index contributed by atoms with van der Waals surface area (Å²) in [6.07, 6.45) is -0.335. The summed E-state index contributed by atoms with van der Waals surface area (Å²) >= 11 is 0. The van der Waals surface area contributed by atoms with E-state index in [1.807, 2.05) is 26.8 Å². The number of aromatic amines is 1. The number of nitrogens with zero attached hydrogens (tertiary/aromatic N) is 2. The van der Waals surface area contributed by atoms with Crippen LogP contribution in [-0.4, -0.2) is 59.6 Å². The SMILES string of the molecule is COC(=O)N1CCN(C(=O)c2cc(C)[nH]c2C)C[C@@H]1C. The molecule has 0 unspecified atom stereocenters. The van der Waals surface area contributed by atoms with Crippen LogP contribution in [0.25, 0.3) is 0 Å². The molecule has 6 nitrogen and oxygen atoms in total. The number of piperazine rings is 1. The van der Waals surface area contributed by atoms with Gasteiger partial charge in [0.15, 0.2) is 0 Å². The number of carbonyl (C=O) groups is 2. The van der Waals surface area contributed by atoms with E-state index in [2.05, 4.69) is 4.98 Å². The van der Waals surface area contributed by atoms with Crippen LogP contribution in [0.1, 0.15) is 28.7 Å². The molecule has 2 heterocycles. The predicted octanol–water partition coefficient (Wildman–Crippen LogP) is 1.54. The maximum Gasteiger partial charge on any atom is 0.409 e. The van der Waals surface area contributed by atoms with E-state index in [0.29, 0.717) is 25.2 Å². The van der Waals surface area contributed by atoms with E-state index in [1.54, 1.807) is 9.80 Å². The number of carbonyl (C=O) groups excluding carboxylic acids is 2. The molecule has 0 bridgehead atoms. The average Bonchev–Trinajstić information content (AvgIpc) is 2.76. The maximum absolute atomic E-state index is 12.5. The molecule has 1 saturated heterocycles. The first kappa shape index (κ1) is 14.4. The average molecular weight is 279 g/mol. The molecular weight excluding hydrogens is 258 g/mol. The van der Waals surface area contributed by atoms with Crippen LogP contribution in [0.4, 0.5) is 4.79 Å². The number of aryl methyl sites for hydroxylation is 2. The smallest absolute Gasteiger partial charge is 0.409 e. The van der Waals surface area contributed by atoms with Gasteiger partial charge in [0.1, 0.15) is 0 Å². The number of ether oxygens (including phenoxy) is 1. The predicted molar refractivity (Wildman–Crippen MR) is 74.7 cm³/mol. The minimum atomic E-state index is -0.335. The van der Waals surface area contributed by atoms with Gasteiger partial charge in [0.2, 0.25) is 0 Å². The molecule has 110 valence electrons. The molecule has 2 amide bonds. The molecule has 0 radical (unpaired) electrons. The second-order valence-electron chi connectivity index (χ2n) is 5.25. The fourth-order valence-corrected chi connectivity index (χ4v) is 2.65. The number of rotatable bonds is 1. The summed E-state index contributed by atoms with van der Waals surface area (Å²) in [5.74, 6) is 0.0169. The largest absolute Gasteiger partial charge is 0.453 e. The molecule has 1 aromatic rings. The molecule has 0 spiro atoms. The zero-order valence-corrected chi connectivity index (χ0v) is 12.4. The van der Waals surface area contributed by atoms with Gasteiger partial charge in [0.25, 0.3) is 5.91 Å². The zero-order valence-electron chi connectivity index (χ0n) is 12.4. The van der Waals surface area contributed by atoms with E-state index in [1.165, 1.54) is 7.11 Å². The highest BCUT2D eigenvalue weighted by molar-refractivity contribution is 5.95. The fraction of sp³-hybridized carbons (Fsp3) is 0.571. The van der Waals surface area contributed by atoms with Crippen molar-refractivity contribution in [1.29, 1.82) is 0 Å². The first-order valence-corrected chi connectivity index (χ1v) is 6.74. The molecule has 1 N–H and O–H groups in total. The first-order valence-electron chi connectivity index (χ1n) is 6.74. The van der Waals surface area contributed by atoms with Gasteiger partial charge in [-0.3, -0.25) is 4.79 Å². The zero-order chi connectivity index (χ0) is 14.9. The molecule has 0 saturated carbocycles. The number of hydrogen-bond acceptors (Lipinski definition) is 3. The van der Waals surface area contributed by atoms with Crippen LogP contribution in [0.15, 0.2) is 6.07 Å². The third kappa shape index (κ3) is 2.64. The molecule has 1 aromatic heterocycles. The number of aromatic nitrogens is 1. The van der Waals surface area contributed by atoms with E-state index < -0.39 is 0 Å². The van der Waals surface area contributed by atoms with Crippen LogP contribution in [0, 0.1) is 13.8 Å². The van der Waals surface area contributed by atoms with Crippen LogP contribution in [0.5, 0.6) is 0 Å². The van der Waals surface area contributed by atoms with Gasteiger partial charge in [-0.15, -0.1) is 0 Å². The Hall–Kier alpha value is -1.98. The highest BCUT2D eigenvalue weighted by atomic mass is 16.5. The molecule has 1 aliphatic rings. The normalized spacial score (nSPS) is 19.1. The lowest BCUT2D eigenvalue weighted by atomic mass is 10.1. The second kappa shape index (κ2) is 5.56. The molecule has 0 aliphatic carbocycles. The summed E-state index contributed by atoms with van der Waals surface area (Å²) < 4.78 is 4.74. The third-order valence-corrected chi connectivity index (χ3v) is 3.70. The molecule has 2 rings (SSSR count). The molecule has 0 aromatic carbocycles. The topological polar surface area (TPSA) is 65.6 Å². The lowest BCUT2D eigenvalue weighted by Crippen LogP contribution is -2.55. The summed E-state index contributed by atoms with van der Waals surface area (Å²) in [5, 5.41) is 0. The Morgan fingerprint density at radius 1 is 1.35 bits per heavy atom. The van der Waals surface area contributed by atoms with Crippen molar-refractivity contribution in [2.75, 3.05) is 26.7 Å². The van der Waals surface area contributed by atoms with Crippen molar-refractivity contribution in [3.05, 3.63) is 23.0 Å². The minimum absolute atomic E-state index is 0.0169.